The molecule has 2 saturated heterocycles. The number of rotatable bonds is 9. The number of amides is 1. The number of nitrogens with zero attached hydrogens (tertiary/aromatic N) is 5. The number of anilines is 2. The van der Waals surface area contributed by atoms with Crippen LogP contribution in [0.25, 0.3) is 11.1 Å². The van der Waals surface area contributed by atoms with Gasteiger partial charge in [0.15, 0.2) is 17.2 Å². The zero-order valence-electron chi connectivity index (χ0n) is 21.7. The van der Waals surface area contributed by atoms with Crippen LogP contribution in [0.5, 0.6) is 0 Å². The molecule has 2 aliphatic heterocycles. The first-order chi connectivity index (χ1) is 18.7. The number of hydrogen-bond donors (Lipinski definition) is 3. The van der Waals surface area contributed by atoms with Crippen LogP contribution in [0.4, 0.5) is 11.8 Å². The second-order valence-electron chi connectivity index (χ2n) is 9.29. The van der Waals surface area contributed by atoms with Crippen molar-refractivity contribution in [3.8, 4) is 0 Å². The van der Waals surface area contributed by atoms with E-state index >= 15 is 0 Å². The summed E-state index contributed by atoms with van der Waals surface area (Å²) < 4.78 is 40.3. The Hall–Kier alpha value is -4.01. The third kappa shape index (κ3) is 5.87. The minimum atomic E-state index is -3.93. The van der Waals surface area contributed by atoms with Gasteiger partial charge in [0.2, 0.25) is 5.95 Å². The molecule has 4 heterocycles. The Morgan fingerprint density at radius 1 is 1.10 bits per heavy atom. The van der Waals surface area contributed by atoms with Gasteiger partial charge in [-0.25, -0.2) is 4.98 Å². The first-order valence-corrected chi connectivity index (χ1v) is 13.9. The molecule has 2 fully saturated rings. The Bertz CT molecular complexity index is 1510. The molecule has 0 aliphatic carbocycles. The largest absolute Gasteiger partial charge is 0.445 e. The van der Waals surface area contributed by atoms with Gasteiger partial charge in [-0.15, -0.1) is 0 Å². The highest BCUT2D eigenvalue weighted by Crippen LogP contribution is 2.30. The number of aromatic nitrogens is 2. The van der Waals surface area contributed by atoms with Crippen molar-refractivity contribution in [3.63, 3.8) is 0 Å². The minimum Gasteiger partial charge on any atom is -0.445 e. The highest BCUT2D eigenvalue weighted by atomic mass is 32.2. The number of benzene rings is 1. The van der Waals surface area contributed by atoms with Crippen LogP contribution in [0.1, 0.15) is 22.5 Å². The lowest BCUT2D eigenvalue weighted by Gasteiger charge is -2.29. The number of carbonyl (C=O) groups is 1. The number of carbonyl (C=O) groups excluding carboxylic acids is 1. The molecule has 0 atom stereocenters. The highest BCUT2D eigenvalue weighted by Gasteiger charge is 2.28. The molecular weight excluding hydrogens is 524 g/mol. The summed E-state index contributed by atoms with van der Waals surface area (Å²) in [5, 5.41) is 11.4. The predicted molar refractivity (Wildman–Crippen MR) is 146 cm³/mol. The molecular formula is C25H30N8O5S. The number of furan rings is 1. The van der Waals surface area contributed by atoms with Crippen LogP contribution in [-0.2, 0) is 14.9 Å². The number of allylic oxidation sites excluding steroid dienone is 1. The van der Waals surface area contributed by atoms with Crippen LogP contribution in [0, 0.1) is 5.41 Å². The van der Waals surface area contributed by atoms with Gasteiger partial charge in [-0.2, -0.15) is 17.7 Å². The van der Waals surface area contributed by atoms with Gasteiger partial charge in [0, 0.05) is 52.4 Å². The zero-order valence-corrected chi connectivity index (χ0v) is 22.5. The van der Waals surface area contributed by atoms with E-state index < -0.39 is 10.2 Å². The average molecular weight is 555 g/mol. The fraction of sp³-hybridized carbons (Fsp3) is 0.360. The van der Waals surface area contributed by atoms with Crippen molar-refractivity contribution in [2.45, 2.75) is 6.42 Å². The van der Waals surface area contributed by atoms with E-state index in [9.17, 15) is 13.2 Å². The number of likely N-dealkylation sites (tertiary alicyclic amines) is 1. The summed E-state index contributed by atoms with van der Waals surface area (Å²) in [6.45, 7) is 3.45. The molecule has 14 heteroatoms. The van der Waals surface area contributed by atoms with E-state index in [1.165, 1.54) is 20.2 Å². The van der Waals surface area contributed by atoms with Gasteiger partial charge in [-0.1, -0.05) is 30.3 Å². The van der Waals surface area contributed by atoms with Gasteiger partial charge in [0.05, 0.1) is 18.9 Å². The standard InChI is InChI=1S/C25H30N8O5S/c1-31(2)39(35,36)30-21(15-18(26)17-7-4-3-5-8-17)28-25-27-19-16-20(24(34)33-9-6-10-33)38-22(19)23(29-25)32-11-13-37-14-12-32/h3-5,7-8,15-16,26,30H,6,9-14H2,1-2H3,(H,27,28,29)/b21-15-,26-18?. The molecule has 39 heavy (non-hydrogen) atoms. The van der Waals surface area contributed by atoms with Crippen LogP contribution < -0.4 is 14.9 Å². The van der Waals surface area contributed by atoms with Gasteiger partial charge >= 0.3 is 10.2 Å². The van der Waals surface area contributed by atoms with E-state index in [1.54, 1.807) is 35.2 Å². The lowest BCUT2D eigenvalue weighted by molar-refractivity contribution is 0.0621. The monoisotopic (exact) mass is 554 g/mol. The lowest BCUT2D eigenvalue weighted by Crippen LogP contribution is -2.41. The van der Waals surface area contributed by atoms with Crippen LogP contribution in [0.2, 0.25) is 0 Å². The summed E-state index contributed by atoms with van der Waals surface area (Å²) in [6, 6.07) is 10.5. The quantitative estimate of drug-likeness (QED) is 0.334. The van der Waals surface area contributed by atoms with Crippen LogP contribution >= 0.6 is 0 Å². The van der Waals surface area contributed by atoms with Gasteiger partial charge in [0.1, 0.15) is 11.3 Å². The van der Waals surface area contributed by atoms with Crippen LogP contribution in [0.3, 0.4) is 0 Å². The van der Waals surface area contributed by atoms with Crippen molar-refractivity contribution in [1.29, 1.82) is 5.41 Å². The SMILES string of the molecule is CN(C)S(=O)(=O)N/C(=C\C(=N)c1ccccc1)Nc1nc(N2CCOCC2)c2oc(C(=O)N3CCC3)cc2n1. The van der Waals surface area contributed by atoms with E-state index in [2.05, 4.69) is 20.0 Å². The maximum absolute atomic E-state index is 12.8. The molecule has 206 valence electrons. The van der Waals surface area contributed by atoms with Gasteiger partial charge in [-0.05, 0) is 12.0 Å². The van der Waals surface area contributed by atoms with Gasteiger partial charge < -0.3 is 29.7 Å². The zero-order chi connectivity index (χ0) is 27.6. The van der Waals surface area contributed by atoms with Crippen LogP contribution in [-0.4, -0.2) is 92.7 Å². The smallest absolute Gasteiger partial charge is 0.302 e. The summed E-state index contributed by atoms with van der Waals surface area (Å²) in [5.41, 5.74) is 1.42. The Labute approximate surface area is 226 Å². The second-order valence-corrected chi connectivity index (χ2v) is 11.2. The summed E-state index contributed by atoms with van der Waals surface area (Å²) >= 11 is 0. The molecule has 2 aromatic heterocycles. The number of ether oxygens (including phenoxy) is 1. The van der Waals surface area contributed by atoms with Crippen molar-refractivity contribution in [3.05, 3.63) is 59.6 Å². The molecule has 0 unspecified atom stereocenters. The molecule has 3 N–H and O–H groups in total. The number of hydrogen-bond acceptors (Lipinski definition) is 10. The molecule has 3 aromatic rings. The molecule has 5 rings (SSSR count). The minimum absolute atomic E-state index is 0.0230. The fourth-order valence-electron chi connectivity index (χ4n) is 4.03. The first-order valence-electron chi connectivity index (χ1n) is 12.5. The molecule has 1 amide bonds. The number of morpholine rings is 1. The predicted octanol–water partition coefficient (Wildman–Crippen LogP) is 1.62. The van der Waals surface area contributed by atoms with Crippen molar-refractivity contribution in [1.82, 2.24) is 23.9 Å². The highest BCUT2D eigenvalue weighted by molar-refractivity contribution is 7.87. The normalized spacial score (nSPS) is 16.3. The fourth-order valence-corrected chi connectivity index (χ4v) is 4.60. The molecule has 0 radical (unpaired) electrons. The maximum Gasteiger partial charge on any atom is 0.302 e. The molecule has 13 nitrogen and oxygen atoms in total. The van der Waals surface area contributed by atoms with Gasteiger partial charge in [-0.3, -0.25) is 9.52 Å². The van der Waals surface area contributed by atoms with Crippen molar-refractivity contribution >= 4 is 44.7 Å². The Morgan fingerprint density at radius 3 is 2.46 bits per heavy atom. The summed E-state index contributed by atoms with van der Waals surface area (Å²) in [6.07, 6.45) is 2.31. The second kappa shape index (κ2) is 11.0. The third-order valence-corrected chi connectivity index (χ3v) is 7.80. The molecule has 2 aliphatic rings. The van der Waals surface area contributed by atoms with Crippen molar-refractivity contribution in [2.75, 3.05) is 63.7 Å². The van der Waals surface area contributed by atoms with Gasteiger partial charge in [0.25, 0.3) is 5.91 Å². The Balaban J connectivity index is 1.54. The third-order valence-electron chi connectivity index (χ3n) is 6.36. The van der Waals surface area contributed by atoms with Crippen LogP contribution in [0.15, 0.2) is 52.7 Å². The van der Waals surface area contributed by atoms with E-state index in [1.807, 2.05) is 11.0 Å². The van der Waals surface area contributed by atoms with E-state index in [0.29, 0.717) is 61.9 Å². The number of fused-ring (bicyclic) bond motifs is 1. The Kier molecular flexibility index (Phi) is 7.50. The summed E-state index contributed by atoms with van der Waals surface area (Å²) in [5.74, 6) is 0.464. The molecule has 0 spiro atoms. The Morgan fingerprint density at radius 2 is 1.82 bits per heavy atom. The first kappa shape index (κ1) is 26.6. The molecule has 0 bridgehead atoms. The summed E-state index contributed by atoms with van der Waals surface area (Å²) in [4.78, 5) is 25.7. The van der Waals surface area contributed by atoms with E-state index in [4.69, 9.17) is 14.6 Å². The van der Waals surface area contributed by atoms with Crippen molar-refractivity contribution < 1.29 is 22.4 Å². The number of nitrogens with one attached hydrogen (secondary N) is 3. The van der Waals surface area contributed by atoms with E-state index in [0.717, 1.165) is 10.7 Å². The van der Waals surface area contributed by atoms with Crippen molar-refractivity contribution in [2.24, 2.45) is 0 Å². The van der Waals surface area contributed by atoms with E-state index in [-0.39, 0.29) is 29.1 Å². The molecule has 0 saturated carbocycles. The molecule has 1 aromatic carbocycles. The topological polar surface area (TPSA) is 157 Å². The lowest BCUT2D eigenvalue weighted by atomic mass is 10.1. The summed E-state index contributed by atoms with van der Waals surface area (Å²) in [7, 11) is -1.14. The average Bonchev–Trinajstić information content (AvgIpc) is 3.32. The maximum atomic E-state index is 12.8.